The van der Waals surface area contributed by atoms with Gasteiger partial charge in [-0.2, -0.15) is 0 Å². The van der Waals surface area contributed by atoms with E-state index in [0.29, 0.717) is 5.95 Å². The molecule has 1 aromatic carbocycles. The van der Waals surface area contributed by atoms with Crippen molar-refractivity contribution in [1.82, 2.24) is 19.8 Å². The van der Waals surface area contributed by atoms with E-state index < -0.39 is 0 Å². The zero-order chi connectivity index (χ0) is 17.6. The maximum absolute atomic E-state index is 12.6. The third-order valence-electron chi connectivity index (χ3n) is 5.13. The van der Waals surface area contributed by atoms with Gasteiger partial charge < -0.3 is 14.8 Å². The summed E-state index contributed by atoms with van der Waals surface area (Å²) >= 11 is 0. The van der Waals surface area contributed by atoms with E-state index in [2.05, 4.69) is 45.0 Å². The van der Waals surface area contributed by atoms with Crippen LogP contribution in [0.2, 0.25) is 0 Å². The highest BCUT2D eigenvalue weighted by Gasteiger charge is 2.23. The maximum Gasteiger partial charge on any atom is 0.229 e. The number of benzene rings is 1. The number of piperidine rings is 1. The Bertz CT molecular complexity index is 701. The minimum absolute atomic E-state index is 0.0808. The number of rotatable bonds is 7. The van der Waals surface area contributed by atoms with Crippen molar-refractivity contribution in [2.45, 2.75) is 33.2 Å². The van der Waals surface area contributed by atoms with Crippen molar-refractivity contribution in [3.8, 4) is 0 Å². The first-order chi connectivity index (χ1) is 12.2. The van der Waals surface area contributed by atoms with Gasteiger partial charge in [0.25, 0.3) is 0 Å². The molecule has 6 nitrogen and oxygen atoms in total. The van der Waals surface area contributed by atoms with E-state index in [0.717, 1.165) is 63.1 Å². The van der Waals surface area contributed by atoms with Gasteiger partial charge in [0, 0.05) is 19.0 Å². The van der Waals surface area contributed by atoms with Crippen LogP contribution in [-0.2, 0) is 11.3 Å². The number of nitrogens with zero attached hydrogens (tertiary/aromatic N) is 3. The molecule has 1 fully saturated rings. The standard InChI is InChI=1S/C19H29N5O/c1-3-23(4-2)13-14-24-17-8-6-5-7-16(17)21-19(24)22-18(25)15-9-11-20-12-10-15/h5-8,15,20H,3-4,9-14H2,1-2H3,(H,21,22,25). The first-order valence-corrected chi connectivity index (χ1v) is 9.42. The minimum Gasteiger partial charge on any atom is -0.317 e. The topological polar surface area (TPSA) is 62.2 Å². The van der Waals surface area contributed by atoms with Gasteiger partial charge in [-0.3, -0.25) is 10.1 Å². The van der Waals surface area contributed by atoms with Gasteiger partial charge in [0.1, 0.15) is 0 Å². The van der Waals surface area contributed by atoms with Crippen LogP contribution in [-0.4, -0.2) is 53.1 Å². The summed E-state index contributed by atoms with van der Waals surface area (Å²) < 4.78 is 2.15. The number of anilines is 1. The van der Waals surface area contributed by atoms with E-state index in [-0.39, 0.29) is 11.8 Å². The lowest BCUT2D eigenvalue weighted by atomic mass is 9.97. The number of nitrogens with one attached hydrogen (secondary N) is 2. The summed E-state index contributed by atoms with van der Waals surface area (Å²) in [6.45, 7) is 10.0. The second kappa shape index (κ2) is 8.45. The highest BCUT2D eigenvalue weighted by atomic mass is 16.2. The van der Waals surface area contributed by atoms with E-state index in [4.69, 9.17) is 0 Å². The molecule has 0 spiro atoms. The number of carbonyl (C=O) groups is 1. The summed E-state index contributed by atoms with van der Waals surface area (Å²) in [4.78, 5) is 19.7. The number of amides is 1. The molecule has 2 N–H and O–H groups in total. The maximum atomic E-state index is 12.6. The second-order valence-electron chi connectivity index (χ2n) is 6.62. The number of imidazole rings is 1. The predicted molar refractivity (Wildman–Crippen MR) is 102 cm³/mol. The fourth-order valence-corrected chi connectivity index (χ4v) is 3.47. The van der Waals surface area contributed by atoms with Gasteiger partial charge >= 0.3 is 0 Å². The summed E-state index contributed by atoms with van der Waals surface area (Å²) in [5.74, 6) is 0.857. The van der Waals surface area contributed by atoms with Crippen LogP contribution in [0.5, 0.6) is 0 Å². The molecular formula is C19H29N5O. The van der Waals surface area contributed by atoms with Gasteiger partial charge in [0.15, 0.2) is 0 Å². The lowest BCUT2D eigenvalue weighted by Gasteiger charge is -2.22. The van der Waals surface area contributed by atoms with Gasteiger partial charge in [0.05, 0.1) is 11.0 Å². The fraction of sp³-hybridized carbons (Fsp3) is 0.579. The Morgan fingerprint density at radius 1 is 1.28 bits per heavy atom. The van der Waals surface area contributed by atoms with E-state index in [9.17, 15) is 4.79 Å². The van der Waals surface area contributed by atoms with Crippen LogP contribution in [0.15, 0.2) is 24.3 Å². The zero-order valence-electron chi connectivity index (χ0n) is 15.3. The van der Waals surface area contributed by atoms with Crippen LogP contribution < -0.4 is 10.6 Å². The molecule has 0 saturated carbocycles. The second-order valence-corrected chi connectivity index (χ2v) is 6.62. The first kappa shape index (κ1) is 17.9. The highest BCUT2D eigenvalue weighted by molar-refractivity contribution is 5.93. The molecule has 2 aromatic rings. The lowest BCUT2D eigenvalue weighted by molar-refractivity contribution is -0.120. The monoisotopic (exact) mass is 343 g/mol. The fourth-order valence-electron chi connectivity index (χ4n) is 3.47. The predicted octanol–water partition coefficient (Wildman–Crippen LogP) is 2.32. The Morgan fingerprint density at radius 2 is 2.00 bits per heavy atom. The number of carbonyl (C=O) groups excluding carboxylic acids is 1. The average Bonchev–Trinajstić information content (AvgIpc) is 3.00. The largest absolute Gasteiger partial charge is 0.317 e. The SMILES string of the molecule is CCN(CC)CCn1c(NC(=O)C2CCNCC2)nc2ccccc21. The number of fused-ring (bicyclic) bond motifs is 1. The molecule has 0 radical (unpaired) electrons. The molecule has 1 aliphatic rings. The molecule has 25 heavy (non-hydrogen) atoms. The van der Waals surface area contributed by atoms with Crippen LogP contribution in [0, 0.1) is 5.92 Å². The van der Waals surface area contributed by atoms with E-state index in [1.165, 1.54) is 0 Å². The molecule has 6 heteroatoms. The van der Waals surface area contributed by atoms with Crippen LogP contribution in [0.4, 0.5) is 5.95 Å². The molecule has 3 rings (SSSR count). The number of hydrogen-bond donors (Lipinski definition) is 2. The molecule has 2 heterocycles. The normalized spacial score (nSPS) is 15.8. The van der Waals surface area contributed by atoms with Crippen molar-refractivity contribution >= 4 is 22.9 Å². The quantitative estimate of drug-likeness (QED) is 0.810. The summed E-state index contributed by atoms with van der Waals surface area (Å²) in [7, 11) is 0. The van der Waals surface area contributed by atoms with Crippen molar-refractivity contribution < 1.29 is 4.79 Å². The molecule has 1 aromatic heterocycles. The van der Waals surface area contributed by atoms with E-state index in [1.54, 1.807) is 0 Å². The Morgan fingerprint density at radius 3 is 2.72 bits per heavy atom. The molecule has 0 atom stereocenters. The Balaban J connectivity index is 1.80. The first-order valence-electron chi connectivity index (χ1n) is 9.42. The van der Waals surface area contributed by atoms with Gasteiger partial charge in [0.2, 0.25) is 11.9 Å². The summed E-state index contributed by atoms with van der Waals surface area (Å²) in [5, 5.41) is 6.40. The minimum atomic E-state index is 0.0808. The van der Waals surface area contributed by atoms with Crippen LogP contribution >= 0.6 is 0 Å². The molecule has 1 saturated heterocycles. The average molecular weight is 343 g/mol. The molecule has 1 aliphatic heterocycles. The van der Waals surface area contributed by atoms with Gasteiger partial charge in [-0.1, -0.05) is 26.0 Å². The summed E-state index contributed by atoms with van der Waals surface area (Å²) in [6, 6.07) is 8.09. The summed E-state index contributed by atoms with van der Waals surface area (Å²) in [5.41, 5.74) is 2.01. The Kier molecular flexibility index (Phi) is 6.04. The van der Waals surface area contributed by atoms with E-state index in [1.807, 2.05) is 18.2 Å². The van der Waals surface area contributed by atoms with Crippen LogP contribution in [0.1, 0.15) is 26.7 Å². The number of hydrogen-bond acceptors (Lipinski definition) is 4. The zero-order valence-corrected chi connectivity index (χ0v) is 15.3. The highest BCUT2D eigenvalue weighted by Crippen LogP contribution is 2.21. The summed E-state index contributed by atoms with van der Waals surface area (Å²) in [6.07, 6.45) is 1.79. The van der Waals surface area contributed by atoms with Crippen molar-refractivity contribution in [3.05, 3.63) is 24.3 Å². The third-order valence-corrected chi connectivity index (χ3v) is 5.13. The van der Waals surface area contributed by atoms with Gasteiger partial charge in [-0.05, 0) is 51.2 Å². The molecule has 0 bridgehead atoms. The van der Waals surface area contributed by atoms with Crippen molar-refractivity contribution in [1.29, 1.82) is 0 Å². The van der Waals surface area contributed by atoms with Crippen molar-refractivity contribution in [2.24, 2.45) is 5.92 Å². The Labute approximate surface area is 149 Å². The van der Waals surface area contributed by atoms with Gasteiger partial charge in [-0.15, -0.1) is 0 Å². The number of likely N-dealkylation sites (N-methyl/N-ethyl adjacent to an activating group) is 1. The smallest absolute Gasteiger partial charge is 0.229 e. The third kappa shape index (κ3) is 4.19. The lowest BCUT2D eigenvalue weighted by Crippen LogP contribution is -2.35. The molecule has 0 unspecified atom stereocenters. The number of aromatic nitrogens is 2. The molecule has 0 aliphatic carbocycles. The van der Waals surface area contributed by atoms with Crippen molar-refractivity contribution in [2.75, 3.05) is 38.0 Å². The molecular weight excluding hydrogens is 314 g/mol. The van der Waals surface area contributed by atoms with Crippen molar-refractivity contribution in [3.63, 3.8) is 0 Å². The number of para-hydroxylation sites is 2. The molecule has 136 valence electrons. The van der Waals surface area contributed by atoms with Crippen LogP contribution in [0.3, 0.4) is 0 Å². The van der Waals surface area contributed by atoms with Crippen LogP contribution in [0.25, 0.3) is 11.0 Å². The van der Waals surface area contributed by atoms with Gasteiger partial charge in [-0.25, -0.2) is 4.98 Å². The molecule has 1 amide bonds. The Hall–Kier alpha value is -1.92. The van der Waals surface area contributed by atoms with E-state index >= 15 is 0 Å².